The average molecular weight is 732 g/mol. The van der Waals surface area contributed by atoms with Crippen molar-refractivity contribution in [2.45, 2.75) is 0 Å². The molecule has 0 unspecified atom stereocenters. The Labute approximate surface area is 310 Å². The van der Waals surface area contributed by atoms with Crippen molar-refractivity contribution in [2.75, 3.05) is 0 Å². The van der Waals surface area contributed by atoms with Crippen LogP contribution in [-0.2, 0) is 4.57 Å². The summed E-state index contributed by atoms with van der Waals surface area (Å²) < 4.78 is 13.8. The van der Waals surface area contributed by atoms with E-state index in [0.29, 0.717) is 22.0 Å². The second kappa shape index (κ2) is 13.1. The minimum Gasteiger partial charge on any atom is -0.354 e. The van der Waals surface area contributed by atoms with Crippen molar-refractivity contribution in [1.82, 2.24) is 19.9 Å². The van der Waals surface area contributed by atoms with E-state index in [2.05, 4.69) is 46.4 Å². The fourth-order valence-corrected chi connectivity index (χ4v) is 8.61. The zero-order valence-electron chi connectivity index (χ0n) is 27.6. The van der Waals surface area contributed by atoms with E-state index in [9.17, 15) is 4.57 Å². The fraction of sp³-hybridized carbons (Fsp3) is 0. The van der Waals surface area contributed by atoms with Gasteiger partial charge in [0.1, 0.15) is 0 Å². The van der Waals surface area contributed by atoms with Gasteiger partial charge in [-0.2, -0.15) is 0 Å². The van der Waals surface area contributed by atoms with Gasteiger partial charge in [-0.15, -0.1) is 0 Å². The smallest absolute Gasteiger partial charge is 0.284 e. The van der Waals surface area contributed by atoms with Crippen LogP contribution in [0.5, 0.6) is 0 Å². The van der Waals surface area contributed by atoms with Gasteiger partial charge in [-0.1, -0.05) is 121 Å². The van der Waals surface area contributed by atoms with Crippen LogP contribution in [0.2, 0.25) is 0 Å². The molecule has 5 heterocycles. The normalized spacial score (nSPS) is 12.3. The molecule has 3 aromatic heterocycles. The first-order valence-electron chi connectivity index (χ1n) is 16.8. The standard InChI is InChI=1S/C44H29Cl2N4OP/c45-52(46,51)39-27-38-42(30-17-9-3-10-18-30)36-24-23-34(48-36)40(28-13-5-1-6-14-28)32-21-22-33(47-32)41(29-15-7-2-8-16-29)35-25-26-37(49-35)43(44(39)50-38)31-19-11-4-12-20-31/h1-27,47,50H. The van der Waals surface area contributed by atoms with Crippen LogP contribution in [0.15, 0.2) is 140 Å². The first-order chi connectivity index (χ1) is 25.4. The van der Waals surface area contributed by atoms with E-state index in [1.165, 1.54) is 0 Å². The topological polar surface area (TPSA) is 74.4 Å². The molecule has 2 aliphatic rings. The third kappa shape index (κ3) is 5.83. The summed E-state index contributed by atoms with van der Waals surface area (Å²) in [6, 6.07) is 46.5. The highest BCUT2D eigenvalue weighted by Crippen LogP contribution is 2.57. The summed E-state index contributed by atoms with van der Waals surface area (Å²) in [5, 5.41) is 0.302. The lowest BCUT2D eigenvalue weighted by Crippen LogP contribution is -1.97. The van der Waals surface area contributed by atoms with Gasteiger partial charge in [-0.05, 0) is 87.2 Å². The summed E-state index contributed by atoms with van der Waals surface area (Å²) in [4.78, 5) is 18.0. The minimum absolute atomic E-state index is 0.302. The first kappa shape index (κ1) is 32.2. The Kier molecular flexibility index (Phi) is 8.13. The molecule has 0 radical (unpaired) electrons. The quantitative estimate of drug-likeness (QED) is 0.173. The number of rotatable bonds is 5. The third-order valence-corrected chi connectivity index (χ3v) is 11.4. The fourth-order valence-electron chi connectivity index (χ4n) is 7.11. The second-order valence-corrected chi connectivity index (χ2v) is 17.4. The van der Waals surface area contributed by atoms with E-state index in [-0.39, 0.29) is 0 Å². The Morgan fingerprint density at radius 1 is 0.423 bits per heavy atom. The number of hydrogen-bond donors (Lipinski definition) is 2. The van der Waals surface area contributed by atoms with E-state index in [4.69, 9.17) is 32.4 Å². The lowest BCUT2D eigenvalue weighted by atomic mass is 10.0. The van der Waals surface area contributed by atoms with Crippen LogP contribution in [-0.4, -0.2) is 19.9 Å². The first-order valence-corrected chi connectivity index (χ1v) is 20.4. The maximum absolute atomic E-state index is 13.8. The molecule has 4 aromatic carbocycles. The number of halogens is 2. The Bertz CT molecular complexity index is 2770. The van der Waals surface area contributed by atoms with Gasteiger partial charge >= 0.3 is 0 Å². The zero-order chi connectivity index (χ0) is 35.2. The van der Waals surface area contributed by atoms with Gasteiger partial charge < -0.3 is 9.97 Å². The summed E-state index contributed by atoms with van der Waals surface area (Å²) in [5.41, 5.74) is 13.3. The molecule has 8 bridgehead atoms. The highest BCUT2D eigenvalue weighted by Gasteiger charge is 2.27. The van der Waals surface area contributed by atoms with E-state index in [1.807, 2.05) is 121 Å². The van der Waals surface area contributed by atoms with E-state index in [1.54, 1.807) is 6.07 Å². The molecule has 250 valence electrons. The van der Waals surface area contributed by atoms with Gasteiger partial charge in [-0.3, -0.25) is 4.57 Å². The van der Waals surface area contributed by atoms with Gasteiger partial charge in [0.05, 0.1) is 33.6 Å². The van der Waals surface area contributed by atoms with Crippen molar-refractivity contribution < 1.29 is 4.57 Å². The maximum Gasteiger partial charge on any atom is 0.284 e. The van der Waals surface area contributed by atoms with Crippen molar-refractivity contribution in [3.63, 3.8) is 0 Å². The number of nitrogens with one attached hydrogen (secondary N) is 2. The SMILES string of the molecule is O=P(Cl)(Cl)c1cc2[nH]c1c(-c1ccccc1)c1nc(c(-c3ccccc3)c3ccc([nH]3)c(-c3ccccc3)c3nc(c2-c2ccccc2)C=C3)C=C1. The average Bonchev–Trinajstić information content (AvgIpc) is 4.00. The van der Waals surface area contributed by atoms with Crippen LogP contribution in [0, 0.1) is 0 Å². The molecule has 2 N–H and O–H groups in total. The van der Waals surface area contributed by atoms with Crippen LogP contribution in [0.25, 0.3) is 90.9 Å². The van der Waals surface area contributed by atoms with Crippen LogP contribution >= 0.6 is 28.3 Å². The molecule has 9 rings (SSSR count). The molecule has 0 saturated carbocycles. The molecule has 5 nitrogen and oxygen atoms in total. The van der Waals surface area contributed by atoms with Crippen LogP contribution in [0.3, 0.4) is 0 Å². The lowest BCUT2D eigenvalue weighted by Gasteiger charge is -2.08. The van der Waals surface area contributed by atoms with Gasteiger partial charge in [-0.25, -0.2) is 9.97 Å². The predicted octanol–water partition coefficient (Wildman–Crippen LogP) is 12.6. The Morgan fingerprint density at radius 2 is 0.769 bits per heavy atom. The molecule has 52 heavy (non-hydrogen) atoms. The molecule has 8 heteroatoms. The predicted molar refractivity (Wildman–Crippen MR) is 220 cm³/mol. The zero-order valence-corrected chi connectivity index (χ0v) is 30.0. The van der Waals surface area contributed by atoms with Crippen molar-refractivity contribution in [3.05, 3.63) is 162 Å². The molecule has 0 fully saturated rings. The van der Waals surface area contributed by atoms with Crippen molar-refractivity contribution in [2.24, 2.45) is 0 Å². The molecular weight excluding hydrogens is 702 g/mol. The van der Waals surface area contributed by atoms with Crippen molar-refractivity contribution in [1.29, 1.82) is 0 Å². The number of hydrogen-bond acceptors (Lipinski definition) is 3. The number of benzene rings is 4. The minimum atomic E-state index is -3.87. The molecule has 2 aliphatic heterocycles. The van der Waals surface area contributed by atoms with Gasteiger partial charge in [0, 0.05) is 38.8 Å². The Balaban J connectivity index is 1.54. The van der Waals surface area contributed by atoms with Gasteiger partial charge in [0.25, 0.3) is 5.85 Å². The second-order valence-electron chi connectivity index (χ2n) is 12.6. The third-order valence-electron chi connectivity index (χ3n) is 9.38. The summed E-state index contributed by atoms with van der Waals surface area (Å²) in [6.45, 7) is 0. The molecule has 0 amide bonds. The van der Waals surface area contributed by atoms with Crippen molar-refractivity contribution >= 4 is 80.0 Å². The molecule has 0 aliphatic carbocycles. The maximum atomic E-state index is 13.8. The molecule has 0 saturated heterocycles. The highest BCUT2D eigenvalue weighted by molar-refractivity contribution is 8.13. The highest BCUT2D eigenvalue weighted by atomic mass is 35.9. The molecular formula is C44H29Cl2N4OP. The summed E-state index contributed by atoms with van der Waals surface area (Å²) >= 11 is 13.3. The Morgan fingerprint density at radius 3 is 1.15 bits per heavy atom. The summed E-state index contributed by atoms with van der Waals surface area (Å²) in [7, 11) is 0. The van der Waals surface area contributed by atoms with Crippen LogP contribution in [0.1, 0.15) is 22.8 Å². The number of aromatic amines is 2. The largest absolute Gasteiger partial charge is 0.354 e. The Hall–Kier alpha value is -5.71. The van der Waals surface area contributed by atoms with Crippen molar-refractivity contribution in [3.8, 4) is 44.5 Å². The monoisotopic (exact) mass is 730 g/mol. The number of aromatic nitrogens is 4. The molecule has 7 aromatic rings. The number of H-pyrrole nitrogens is 2. The van der Waals surface area contributed by atoms with Gasteiger partial charge in [0.2, 0.25) is 0 Å². The summed E-state index contributed by atoms with van der Waals surface area (Å²) in [6.07, 6.45) is 8.09. The van der Waals surface area contributed by atoms with Crippen LogP contribution in [0.4, 0.5) is 0 Å². The lowest BCUT2D eigenvalue weighted by molar-refractivity contribution is 0.597. The van der Waals surface area contributed by atoms with E-state index < -0.39 is 5.85 Å². The van der Waals surface area contributed by atoms with E-state index in [0.717, 1.165) is 72.6 Å². The molecule has 0 spiro atoms. The number of fused-ring (bicyclic) bond motifs is 8. The summed E-state index contributed by atoms with van der Waals surface area (Å²) in [5.74, 6) is -3.87. The van der Waals surface area contributed by atoms with Gasteiger partial charge in [0.15, 0.2) is 0 Å². The van der Waals surface area contributed by atoms with E-state index >= 15 is 0 Å². The van der Waals surface area contributed by atoms with Crippen LogP contribution < -0.4 is 5.30 Å². The number of nitrogens with zero attached hydrogens (tertiary/aromatic N) is 2. The molecule has 0 atom stereocenters.